The number of pyridine rings is 1. The van der Waals surface area contributed by atoms with Crippen LogP contribution in [-0.2, 0) is 18.3 Å². The minimum absolute atomic E-state index is 0.00799. The van der Waals surface area contributed by atoms with E-state index in [-0.39, 0.29) is 5.56 Å². The summed E-state index contributed by atoms with van der Waals surface area (Å²) in [5.41, 5.74) is 1.61. The molecule has 22 heavy (non-hydrogen) atoms. The van der Waals surface area contributed by atoms with E-state index in [2.05, 4.69) is 9.55 Å². The Morgan fingerprint density at radius 2 is 2.27 bits per heavy atom. The third-order valence-electron chi connectivity index (χ3n) is 4.08. The number of ether oxygens (including phenoxy) is 1. The van der Waals surface area contributed by atoms with E-state index >= 15 is 0 Å². The molecule has 2 aromatic heterocycles. The van der Waals surface area contributed by atoms with Crippen molar-refractivity contribution in [2.45, 2.75) is 26.3 Å². The highest BCUT2D eigenvalue weighted by molar-refractivity contribution is 6.29. The fourth-order valence-corrected chi connectivity index (χ4v) is 3.18. The zero-order chi connectivity index (χ0) is 15.7. The monoisotopic (exact) mass is 321 g/mol. The van der Waals surface area contributed by atoms with E-state index in [1.807, 2.05) is 25.4 Å². The summed E-state index contributed by atoms with van der Waals surface area (Å²) in [6.45, 7) is 4.28. The summed E-state index contributed by atoms with van der Waals surface area (Å²) in [6.07, 6.45) is 5.91. The normalized spacial score (nSPS) is 18.6. The molecule has 1 aliphatic rings. The molecule has 0 bridgehead atoms. The van der Waals surface area contributed by atoms with Gasteiger partial charge in [-0.1, -0.05) is 11.6 Å². The topological polar surface area (TPSA) is 49.0 Å². The molecule has 0 amide bonds. The van der Waals surface area contributed by atoms with Gasteiger partial charge in [-0.15, -0.1) is 0 Å². The van der Waals surface area contributed by atoms with Gasteiger partial charge in [-0.25, -0.2) is 4.98 Å². The third kappa shape index (κ3) is 3.10. The molecular weight excluding hydrogens is 302 g/mol. The molecule has 3 heterocycles. The molecule has 0 unspecified atom stereocenters. The number of rotatable bonds is 3. The number of hydrogen-bond acceptors (Lipinski definition) is 3. The Hall–Kier alpha value is -1.59. The van der Waals surface area contributed by atoms with Crippen molar-refractivity contribution >= 4 is 11.6 Å². The lowest BCUT2D eigenvalue weighted by Crippen LogP contribution is -2.22. The molecule has 1 fully saturated rings. The minimum atomic E-state index is 0.00799. The van der Waals surface area contributed by atoms with Crippen LogP contribution in [0.3, 0.4) is 0 Å². The molecule has 5 nitrogen and oxygen atoms in total. The summed E-state index contributed by atoms with van der Waals surface area (Å²) in [5.74, 6) is 1.28. The van der Waals surface area contributed by atoms with Crippen LogP contribution in [0.25, 0.3) is 11.4 Å². The highest BCUT2D eigenvalue weighted by Gasteiger charge is 2.18. The van der Waals surface area contributed by atoms with Gasteiger partial charge in [-0.3, -0.25) is 4.79 Å². The van der Waals surface area contributed by atoms with Crippen LogP contribution >= 0.6 is 11.6 Å². The van der Waals surface area contributed by atoms with E-state index in [0.29, 0.717) is 16.6 Å². The maximum Gasteiger partial charge on any atom is 0.253 e. The smallest absolute Gasteiger partial charge is 0.253 e. The van der Waals surface area contributed by atoms with Crippen molar-refractivity contribution in [1.82, 2.24) is 14.1 Å². The van der Waals surface area contributed by atoms with Crippen molar-refractivity contribution in [3.8, 4) is 11.4 Å². The molecule has 3 rings (SSSR count). The fourth-order valence-electron chi connectivity index (χ4n) is 2.98. The zero-order valence-electron chi connectivity index (χ0n) is 12.9. The van der Waals surface area contributed by atoms with E-state index in [1.165, 1.54) is 0 Å². The van der Waals surface area contributed by atoms with E-state index in [0.717, 1.165) is 44.0 Å². The lowest BCUT2D eigenvalue weighted by atomic mass is 10.0. The Morgan fingerprint density at radius 1 is 1.45 bits per heavy atom. The van der Waals surface area contributed by atoms with Gasteiger partial charge in [0.1, 0.15) is 11.0 Å². The van der Waals surface area contributed by atoms with Gasteiger partial charge in [-0.05, 0) is 25.8 Å². The van der Waals surface area contributed by atoms with Gasteiger partial charge < -0.3 is 13.9 Å². The molecule has 0 radical (unpaired) electrons. The first-order valence-corrected chi connectivity index (χ1v) is 7.90. The van der Waals surface area contributed by atoms with Gasteiger partial charge >= 0.3 is 0 Å². The average molecular weight is 322 g/mol. The maximum atomic E-state index is 11.9. The van der Waals surface area contributed by atoms with Crippen LogP contribution in [0.4, 0.5) is 0 Å². The van der Waals surface area contributed by atoms with Crippen molar-refractivity contribution in [2.24, 2.45) is 13.0 Å². The fraction of sp³-hybridized carbons (Fsp3) is 0.500. The summed E-state index contributed by atoms with van der Waals surface area (Å²) < 4.78 is 9.20. The van der Waals surface area contributed by atoms with Gasteiger partial charge in [0, 0.05) is 49.6 Å². The molecule has 1 atom stereocenters. The zero-order valence-corrected chi connectivity index (χ0v) is 13.6. The molecule has 0 saturated carbocycles. The maximum absolute atomic E-state index is 11.9. The van der Waals surface area contributed by atoms with Gasteiger partial charge in [0.25, 0.3) is 5.56 Å². The minimum Gasteiger partial charge on any atom is -0.381 e. The summed E-state index contributed by atoms with van der Waals surface area (Å²) in [5, 5.41) is 0.471. The van der Waals surface area contributed by atoms with Crippen molar-refractivity contribution < 1.29 is 4.74 Å². The van der Waals surface area contributed by atoms with E-state index in [4.69, 9.17) is 16.3 Å². The Kier molecular flexibility index (Phi) is 4.36. The number of aromatic nitrogens is 3. The first kappa shape index (κ1) is 15.3. The number of nitrogens with zero attached hydrogens (tertiary/aromatic N) is 3. The van der Waals surface area contributed by atoms with E-state index in [9.17, 15) is 4.79 Å². The van der Waals surface area contributed by atoms with Crippen LogP contribution in [0.1, 0.15) is 18.4 Å². The van der Waals surface area contributed by atoms with Gasteiger partial charge in [0.05, 0.1) is 6.61 Å². The number of imidazole rings is 1. The summed E-state index contributed by atoms with van der Waals surface area (Å²) in [6, 6.07) is 1.87. The molecule has 2 aromatic rings. The number of aryl methyl sites for hydroxylation is 2. The Labute approximate surface area is 134 Å². The second kappa shape index (κ2) is 6.26. The predicted molar refractivity (Wildman–Crippen MR) is 86.2 cm³/mol. The first-order valence-electron chi connectivity index (χ1n) is 7.52. The number of halogens is 1. The van der Waals surface area contributed by atoms with E-state index < -0.39 is 0 Å². The highest BCUT2D eigenvalue weighted by Crippen LogP contribution is 2.24. The van der Waals surface area contributed by atoms with Crippen LogP contribution in [0.15, 0.2) is 23.3 Å². The van der Waals surface area contributed by atoms with Gasteiger partial charge in [-0.2, -0.15) is 0 Å². The molecule has 0 spiro atoms. The summed E-state index contributed by atoms with van der Waals surface area (Å²) >= 11 is 6.11. The first-order chi connectivity index (χ1) is 10.5. The lowest BCUT2D eigenvalue weighted by molar-refractivity contribution is 0.0485. The Balaban J connectivity index is 1.95. The largest absolute Gasteiger partial charge is 0.381 e. The van der Waals surface area contributed by atoms with Crippen LogP contribution in [0.5, 0.6) is 0 Å². The van der Waals surface area contributed by atoms with Gasteiger partial charge in [0.15, 0.2) is 0 Å². The molecule has 1 aliphatic heterocycles. The molecular formula is C16H20ClN3O2. The van der Waals surface area contributed by atoms with Crippen LogP contribution in [0.2, 0.25) is 5.15 Å². The molecule has 118 valence electrons. The number of hydrogen-bond donors (Lipinski definition) is 0. The summed E-state index contributed by atoms with van der Waals surface area (Å²) in [7, 11) is 1.75. The predicted octanol–water partition coefficient (Wildman–Crippen LogP) is 2.64. The lowest BCUT2D eigenvalue weighted by Gasteiger charge is -2.23. The van der Waals surface area contributed by atoms with Crippen LogP contribution < -0.4 is 5.56 Å². The molecule has 0 aliphatic carbocycles. The Bertz CT molecular complexity index is 703. The average Bonchev–Trinajstić information content (AvgIpc) is 2.86. The van der Waals surface area contributed by atoms with Crippen molar-refractivity contribution in [3.05, 3.63) is 39.5 Å². The molecule has 1 saturated heterocycles. The second-order valence-electron chi connectivity index (χ2n) is 5.95. The third-order valence-corrected chi connectivity index (χ3v) is 4.26. The van der Waals surface area contributed by atoms with E-state index in [1.54, 1.807) is 11.6 Å². The van der Waals surface area contributed by atoms with Crippen molar-refractivity contribution in [3.63, 3.8) is 0 Å². The SMILES string of the molecule is Cc1cc(-c2nc(Cl)cn2C[C@H]2CCCOC2)cn(C)c1=O. The Morgan fingerprint density at radius 3 is 2.95 bits per heavy atom. The second-order valence-corrected chi connectivity index (χ2v) is 6.34. The quantitative estimate of drug-likeness (QED) is 0.873. The highest BCUT2D eigenvalue weighted by atomic mass is 35.5. The van der Waals surface area contributed by atoms with Crippen molar-refractivity contribution in [1.29, 1.82) is 0 Å². The van der Waals surface area contributed by atoms with Gasteiger partial charge in [0.2, 0.25) is 0 Å². The molecule has 0 aromatic carbocycles. The van der Waals surface area contributed by atoms with Crippen LogP contribution in [-0.4, -0.2) is 27.3 Å². The molecule has 6 heteroatoms. The summed E-state index contributed by atoms with van der Waals surface area (Å²) in [4.78, 5) is 16.3. The molecule has 0 N–H and O–H groups in total. The van der Waals surface area contributed by atoms with Crippen LogP contribution in [0, 0.1) is 12.8 Å². The standard InChI is InChI=1S/C16H20ClN3O2/c1-11-6-13(8-19(2)16(11)21)15-18-14(17)9-20(15)7-12-4-3-5-22-10-12/h6,8-9,12H,3-5,7,10H2,1-2H3/t12-/m1/s1. The van der Waals surface area contributed by atoms with Crippen molar-refractivity contribution in [2.75, 3.05) is 13.2 Å².